The minimum Gasteiger partial charge on any atom is -0.493 e. The van der Waals surface area contributed by atoms with Crippen LogP contribution in [0.1, 0.15) is 23.2 Å². The molecule has 35 heavy (non-hydrogen) atoms. The molecule has 2 aromatic carbocycles. The molecule has 0 fully saturated rings. The van der Waals surface area contributed by atoms with Crippen LogP contribution in [0.5, 0.6) is 11.5 Å². The molecule has 2 aromatic rings. The molecule has 0 aliphatic heterocycles. The zero-order valence-electron chi connectivity index (χ0n) is 19.3. The molecule has 0 unspecified atom stereocenters. The van der Waals surface area contributed by atoms with Gasteiger partial charge in [-0.2, -0.15) is 0 Å². The highest BCUT2D eigenvalue weighted by atomic mass is 16.5. The van der Waals surface area contributed by atoms with Crippen LogP contribution in [0, 0.1) is 11.8 Å². The number of carboxylic acids is 1. The Kier molecular flexibility index (Phi) is 8.44. The highest BCUT2D eigenvalue weighted by Crippen LogP contribution is 2.30. The first kappa shape index (κ1) is 25.3. The monoisotopic (exact) mass is 482 g/mol. The summed E-state index contributed by atoms with van der Waals surface area (Å²) >= 11 is 0. The Morgan fingerprint density at radius 1 is 0.857 bits per heavy atom. The standard InChI is InChI=1S/C25H26N2O8/c1-33-20-12-11-17(13-21(20)34-2)26-22(28)14-35-25(32)15-7-9-16(10-8-15)27-23(29)18-5-3-4-6-19(18)24(30)31/h3-4,7-13,18-19H,5-6,14H2,1-2H3,(H,26,28)(H,27,29)(H,30,31)/t18-,19-/m0/s1. The van der Waals surface area contributed by atoms with Crippen LogP contribution in [0.25, 0.3) is 0 Å². The molecular weight excluding hydrogens is 456 g/mol. The maximum absolute atomic E-state index is 12.5. The van der Waals surface area contributed by atoms with Gasteiger partial charge in [-0.3, -0.25) is 14.4 Å². The zero-order chi connectivity index (χ0) is 25.4. The third-order valence-electron chi connectivity index (χ3n) is 5.48. The summed E-state index contributed by atoms with van der Waals surface area (Å²) in [6, 6.07) is 10.7. The molecule has 0 heterocycles. The van der Waals surface area contributed by atoms with E-state index in [4.69, 9.17) is 14.2 Å². The highest BCUT2D eigenvalue weighted by Gasteiger charge is 2.33. The number of benzene rings is 2. The number of carboxylic acid groups (broad SMARTS) is 1. The van der Waals surface area contributed by atoms with Crippen LogP contribution in [-0.2, 0) is 19.1 Å². The van der Waals surface area contributed by atoms with E-state index in [0.29, 0.717) is 35.7 Å². The number of allylic oxidation sites excluding steroid dienone is 2. The molecule has 0 aromatic heterocycles. The summed E-state index contributed by atoms with van der Waals surface area (Å²) in [5, 5.41) is 14.6. The van der Waals surface area contributed by atoms with Crippen molar-refractivity contribution in [1.29, 1.82) is 0 Å². The molecule has 0 bridgehead atoms. The summed E-state index contributed by atoms with van der Waals surface area (Å²) in [4.78, 5) is 48.4. The van der Waals surface area contributed by atoms with Crippen molar-refractivity contribution < 1.29 is 38.5 Å². The number of aliphatic carboxylic acids is 1. The number of ether oxygens (including phenoxy) is 3. The number of rotatable bonds is 9. The molecule has 0 spiro atoms. The molecular formula is C25H26N2O8. The third kappa shape index (κ3) is 6.59. The van der Waals surface area contributed by atoms with Gasteiger partial charge in [0.1, 0.15) is 0 Å². The predicted octanol–water partition coefficient (Wildman–Crippen LogP) is 3.10. The fourth-order valence-corrected chi connectivity index (χ4v) is 3.63. The van der Waals surface area contributed by atoms with Crippen LogP contribution < -0.4 is 20.1 Å². The SMILES string of the molecule is COc1ccc(NC(=O)COC(=O)c2ccc(NC(=O)[C@H]3CC=CC[C@@H]3C(=O)O)cc2)cc1OC. The van der Waals surface area contributed by atoms with E-state index in [9.17, 15) is 24.3 Å². The van der Waals surface area contributed by atoms with Crippen molar-refractivity contribution in [2.45, 2.75) is 12.8 Å². The molecule has 10 nitrogen and oxygen atoms in total. The number of esters is 1. The van der Waals surface area contributed by atoms with Gasteiger partial charge in [-0.15, -0.1) is 0 Å². The Labute approximate surface area is 201 Å². The van der Waals surface area contributed by atoms with Crippen molar-refractivity contribution >= 4 is 35.1 Å². The van der Waals surface area contributed by atoms with E-state index in [-0.39, 0.29) is 5.56 Å². The number of amides is 2. The lowest BCUT2D eigenvalue weighted by molar-refractivity contribution is -0.146. The summed E-state index contributed by atoms with van der Waals surface area (Å²) in [5.41, 5.74) is 1.05. The van der Waals surface area contributed by atoms with E-state index < -0.39 is 42.2 Å². The Hall–Kier alpha value is -4.34. The van der Waals surface area contributed by atoms with Crippen LogP contribution in [0.2, 0.25) is 0 Å². The molecule has 0 radical (unpaired) electrons. The van der Waals surface area contributed by atoms with Crippen molar-refractivity contribution in [3.63, 3.8) is 0 Å². The van der Waals surface area contributed by atoms with Crippen molar-refractivity contribution in [2.24, 2.45) is 11.8 Å². The fraction of sp³-hybridized carbons (Fsp3) is 0.280. The molecule has 1 aliphatic carbocycles. The van der Waals surface area contributed by atoms with Gasteiger partial charge in [0.05, 0.1) is 31.6 Å². The van der Waals surface area contributed by atoms with Crippen LogP contribution in [-0.4, -0.2) is 49.7 Å². The van der Waals surface area contributed by atoms with Crippen LogP contribution in [0.4, 0.5) is 11.4 Å². The summed E-state index contributed by atoms with van der Waals surface area (Å²) in [6.45, 7) is -0.503. The summed E-state index contributed by atoms with van der Waals surface area (Å²) in [5.74, 6) is -3.17. The van der Waals surface area contributed by atoms with Gasteiger partial charge in [-0.05, 0) is 49.2 Å². The highest BCUT2D eigenvalue weighted by molar-refractivity contribution is 5.97. The molecule has 2 atom stereocenters. The number of methoxy groups -OCH3 is 2. The van der Waals surface area contributed by atoms with E-state index in [1.807, 2.05) is 0 Å². The number of nitrogens with one attached hydrogen (secondary N) is 2. The Balaban J connectivity index is 1.51. The smallest absolute Gasteiger partial charge is 0.338 e. The van der Waals surface area contributed by atoms with Gasteiger partial charge in [-0.25, -0.2) is 4.79 Å². The van der Waals surface area contributed by atoms with Crippen LogP contribution >= 0.6 is 0 Å². The zero-order valence-corrected chi connectivity index (χ0v) is 19.3. The molecule has 3 N–H and O–H groups in total. The molecule has 10 heteroatoms. The van der Waals surface area contributed by atoms with Crippen molar-refractivity contribution in [1.82, 2.24) is 0 Å². The summed E-state index contributed by atoms with van der Waals surface area (Å²) in [6.07, 6.45) is 4.21. The maximum atomic E-state index is 12.5. The average Bonchev–Trinajstić information content (AvgIpc) is 2.87. The van der Waals surface area contributed by atoms with E-state index in [1.54, 1.807) is 30.4 Å². The number of carbonyl (C=O) groups is 4. The minimum atomic E-state index is -1.01. The molecule has 0 saturated carbocycles. The Bertz CT molecular complexity index is 1130. The molecule has 184 valence electrons. The lowest BCUT2D eigenvalue weighted by atomic mass is 9.82. The minimum absolute atomic E-state index is 0.186. The quantitative estimate of drug-likeness (QED) is 0.366. The summed E-state index contributed by atoms with van der Waals surface area (Å²) < 4.78 is 15.4. The fourth-order valence-electron chi connectivity index (χ4n) is 3.63. The summed E-state index contributed by atoms with van der Waals surface area (Å²) in [7, 11) is 2.97. The second kappa shape index (κ2) is 11.7. The van der Waals surface area contributed by atoms with Gasteiger partial charge in [0.25, 0.3) is 5.91 Å². The van der Waals surface area contributed by atoms with E-state index in [2.05, 4.69) is 10.6 Å². The van der Waals surface area contributed by atoms with E-state index >= 15 is 0 Å². The average molecular weight is 482 g/mol. The van der Waals surface area contributed by atoms with Crippen molar-refractivity contribution in [3.05, 3.63) is 60.2 Å². The number of anilines is 2. The van der Waals surface area contributed by atoms with Crippen molar-refractivity contribution in [2.75, 3.05) is 31.5 Å². The van der Waals surface area contributed by atoms with Gasteiger partial charge in [-0.1, -0.05) is 12.2 Å². The largest absolute Gasteiger partial charge is 0.493 e. The Morgan fingerprint density at radius 2 is 1.49 bits per heavy atom. The van der Waals surface area contributed by atoms with Gasteiger partial charge in [0.15, 0.2) is 18.1 Å². The van der Waals surface area contributed by atoms with Crippen LogP contribution in [0.15, 0.2) is 54.6 Å². The molecule has 2 amide bonds. The molecule has 0 saturated heterocycles. The van der Waals surface area contributed by atoms with Gasteiger partial charge in [0, 0.05) is 17.4 Å². The lowest BCUT2D eigenvalue weighted by Crippen LogP contribution is -2.34. The van der Waals surface area contributed by atoms with E-state index in [1.165, 1.54) is 38.5 Å². The first-order valence-corrected chi connectivity index (χ1v) is 10.8. The van der Waals surface area contributed by atoms with Gasteiger partial charge < -0.3 is 30.0 Å². The van der Waals surface area contributed by atoms with Gasteiger partial charge in [0.2, 0.25) is 5.91 Å². The maximum Gasteiger partial charge on any atom is 0.338 e. The molecule has 3 rings (SSSR count). The van der Waals surface area contributed by atoms with E-state index in [0.717, 1.165) is 0 Å². The lowest BCUT2D eigenvalue weighted by Gasteiger charge is -2.24. The number of carbonyl (C=O) groups excluding carboxylic acids is 3. The first-order chi connectivity index (χ1) is 16.8. The third-order valence-corrected chi connectivity index (χ3v) is 5.48. The Morgan fingerprint density at radius 3 is 2.11 bits per heavy atom. The predicted molar refractivity (Wildman–Crippen MR) is 127 cm³/mol. The topological polar surface area (TPSA) is 140 Å². The molecule has 1 aliphatic rings. The normalized spacial score (nSPS) is 16.6. The van der Waals surface area contributed by atoms with Crippen LogP contribution in [0.3, 0.4) is 0 Å². The number of hydrogen-bond donors (Lipinski definition) is 3. The van der Waals surface area contributed by atoms with Gasteiger partial charge >= 0.3 is 11.9 Å². The second-order valence-corrected chi connectivity index (χ2v) is 7.75. The van der Waals surface area contributed by atoms with Crippen molar-refractivity contribution in [3.8, 4) is 11.5 Å². The first-order valence-electron chi connectivity index (χ1n) is 10.8. The second-order valence-electron chi connectivity index (χ2n) is 7.75. The number of hydrogen-bond acceptors (Lipinski definition) is 7.